The van der Waals surface area contributed by atoms with E-state index in [0.717, 1.165) is 22.9 Å². The van der Waals surface area contributed by atoms with Crippen molar-refractivity contribution in [3.05, 3.63) is 42.1 Å². The van der Waals surface area contributed by atoms with E-state index in [9.17, 15) is 4.79 Å². The Bertz CT molecular complexity index is 627. The van der Waals surface area contributed by atoms with E-state index in [1.165, 1.54) is 0 Å². The van der Waals surface area contributed by atoms with E-state index in [0.29, 0.717) is 19.5 Å². The van der Waals surface area contributed by atoms with Crippen molar-refractivity contribution in [1.82, 2.24) is 9.88 Å². The monoisotopic (exact) mass is 270 g/mol. The molecule has 0 aliphatic carbocycles. The van der Waals surface area contributed by atoms with Gasteiger partial charge in [0.05, 0.1) is 5.52 Å². The molecule has 1 N–H and O–H groups in total. The summed E-state index contributed by atoms with van der Waals surface area (Å²) in [5.41, 5.74) is 2.14. The van der Waals surface area contributed by atoms with E-state index in [1.54, 1.807) is 0 Å². The van der Waals surface area contributed by atoms with Gasteiger partial charge in [-0.1, -0.05) is 18.2 Å². The zero-order valence-corrected chi connectivity index (χ0v) is 11.3. The van der Waals surface area contributed by atoms with Crippen LogP contribution in [-0.2, 0) is 11.2 Å². The largest absolute Gasteiger partial charge is 0.396 e. The Morgan fingerprint density at radius 1 is 1.35 bits per heavy atom. The molecule has 0 radical (unpaired) electrons. The van der Waals surface area contributed by atoms with Crippen LogP contribution < -0.4 is 0 Å². The topological polar surface area (TPSA) is 53.4 Å². The average Bonchev–Trinajstić information content (AvgIpc) is 2.85. The van der Waals surface area contributed by atoms with Crippen molar-refractivity contribution in [2.45, 2.75) is 12.8 Å². The fraction of sp³-hybridized carbons (Fsp3) is 0.375. The van der Waals surface area contributed by atoms with Gasteiger partial charge in [-0.25, -0.2) is 0 Å². The molecule has 2 heterocycles. The third-order valence-corrected chi connectivity index (χ3v) is 3.87. The van der Waals surface area contributed by atoms with E-state index in [-0.39, 0.29) is 18.4 Å². The van der Waals surface area contributed by atoms with Crippen molar-refractivity contribution in [3.8, 4) is 0 Å². The molecular weight excluding hydrogens is 252 g/mol. The molecule has 0 spiro atoms. The van der Waals surface area contributed by atoms with Crippen molar-refractivity contribution in [1.29, 1.82) is 0 Å². The highest BCUT2D eigenvalue weighted by Gasteiger charge is 2.28. The summed E-state index contributed by atoms with van der Waals surface area (Å²) in [6, 6.07) is 10.2. The molecule has 1 aliphatic heterocycles. The van der Waals surface area contributed by atoms with Gasteiger partial charge in [-0.05, 0) is 24.1 Å². The SMILES string of the molecule is O=C1CC(CO)CN1CCc1cnc2ccccc2c1. The first-order valence-electron chi connectivity index (χ1n) is 6.98. The van der Waals surface area contributed by atoms with Gasteiger partial charge in [0.15, 0.2) is 0 Å². The molecule has 1 saturated heterocycles. The number of likely N-dealkylation sites (tertiary alicyclic amines) is 1. The molecule has 104 valence electrons. The lowest BCUT2D eigenvalue weighted by atomic mass is 10.1. The quantitative estimate of drug-likeness (QED) is 0.918. The summed E-state index contributed by atoms with van der Waals surface area (Å²) >= 11 is 0. The number of amides is 1. The number of rotatable bonds is 4. The van der Waals surface area contributed by atoms with Gasteiger partial charge in [0.25, 0.3) is 0 Å². The van der Waals surface area contributed by atoms with Crippen molar-refractivity contribution in [2.24, 2.45) is 5.92 Å². The fourth-order valence-electron chi connectivity index (χ4n) is 2.71. The normalized spacial score (nSPS) is 18.9. The molecule has 1 fully saturated rings. The fourth-order valence-corrected chi connectivity index (χ4v) is 2.71. The zero-order chi connectivity index (χ0) is 13.9. The molecule has 1 aromatic heterocycles. The van der Waals surface area contributed by atoms with Crippen LogP contribution in [0.2, 0.25) is 0 Å². The number of hydrogen-bond donors (Lipinski definition) is 1. The molecule has 1 aromatic carbocycles. The van der Waals surface area contributed by atoms with E-state index in [4.69, 9.17) is 5.11 Å². The Morgan fingerprint density at radius 3 is 3.00 bits per heavy atom. The summed E-state index contributed by atoms with van der Waals surface area (Å²) in [4.78, 5) is 18.1. The first-order valence-corrected chi connectivity index (χ1v) is 6.98. The molecule has 1 amide bonds. The van der Waals surface area contributed by atoms with Gasteiger partial charge in [-0.3, -0.25) is 9.78 Å². The summed E-state index contributed by atoms with van der Waals surface area (Å²) < 4.78 is 0. The van der Waals surface area contributed by atoms with Crippen LogP contribution in [0.5, 0.6) is 0 Å². The minimum Gasteiger partial charge on any atom is -0.396 e. The summed E-state index contributed by atoms with van der Waals surface area (Å²) in [6.45, 7) is 1.48. The van der Waals surface area contributed by atoms with Crippen molar-refractivity contribution < 1.29 is 9.90 Å². The number of benzene rings is 1. The predicted octanol–water partition coefficient (Wildman–Crippen LogP) is 1.62. The zero-order valence-electron chi connectivity index (χ0n) is 11.3. The minimum absolute atomic E-state index is 0.0970. The van der Waals surface area contributed by atoms with Crippen LogP contribution in [0.15, 0.2) is 36.5 Å². The third kappa shape index (κ3) is 2.65. The van der Waals surface area contributed by atoms with E-state index < -0.39 is 0 Å². The number of carbonyl (C=O) groups is 1. The van der Waals surface area contributed by atoms with Crippen molar-refractivity contribution in [3.63, 3.8) is 0 Å². The molecule has 4 heteroatoms. The van der Waals surface area contributed by atoms with Crippen LogP contribution in [0.3, 0.4) is 0 Å². The first kappa shape index (κ1) is 13.1. The molecule has 1 atom stereocenters. The number of aromatic nitrogens is 1. The Morgan fingerprint density at radius 2 is 2.20 bits per heavy atom. The molecule has 2 aromatic rings. The number of hydrogen-bond acceptors (Lipinski definition) is 3. The molecule has 0 saturated carbocycles. The smallest absolute Gasteiger partial charge is 0.223 e. The van der Waals surface area contributed by atoms with Crippen LogP contribution in [0.25, 0.3) is 10.9 Å². The highest BCUT2D eigenvalue weighted by Crippen LogP contribution is 2.18. The highest BCUT2D eigenvalue weighted by atomic mass is 16.3. The van der Waals surface area contributed by atoms with Gasteiger partial charge < -0.3 is 10.0 Å². The van der Waals surface area contributed by atoms with Crippen LogP contribution in [0.4, 0.5) is 0 Å². The van der Waals surface area contributed by atoms with Crippen LogP contribution in [0.1, 0.15) is 12.0 Å². The number of fused-ring (bicyclic) bond motifs is 1. The van der Waals surface area contributed by atoms with E-state index in [2.05, 4.69) is 17.1 Å². The number of carbonyl (C=O) groups excluding carboxylic acids is 1. The average molecular weight is 270 g/mol. The lowest BCUT2D eigenvalue weighted by Gasteiger charge is -2.16. The molecule has 4 nitrogen and oxygen atoms in total. The van der Waals surface area contributed by atoms with Gasteiger partial charge in [0.2, 0.25) is 5.91 Å². The molecule has 0 bridgehead atoms. The first-order chi connectivity index (χ1) is 9.76. The summed E-state index contributed by atoms with van der Waals surface area (Å²) in [5.74, 6) is 0.259. The number of nitrogens with zero attached hydrogens (tertiary/aromatic N) is 2. The molecule has 1 aliphatic rings. The van der Waals surface area contributed by atoms with E-state index >= 15 is 0 Å². The number of para-hydroxylation sites is 1. The Labute approximate surface area is 118 Å². The van der Waals surface area contributed by atoms with Gasteiger partial charge in [-0.15, -0.1) is 0 Å². The molecule has 1 unspecified atom stereocenters. The van der Waals surface area contributed by atoms with Crippen molar-refractivity contribution in [2.75, 3.05) is 19.7 Å². The third-order valence-electron chi connectivity index (χ3n) is 3.87. The van der Waals surface area contributed by atoms with Gasteiger partial charge in [0, 0.05) is 43.6 Å². The predicted molar refractivity (Wildman–Crippen MR) is 77.2 cm³/mol. The number of pyridine rings is 1. The maximum atomic E-state index is 11.8. The summed E-state index contributed by atoms with van der Waals surface area (Å²) in [5, 5.41) is 10.2. The maximum Gasteiger partial charge on any atom is 0.223 e. The molecular formula is C16H18N2O2. The Balaban J connectivity index is 1.66. The minimum atomic E-state index is 0.0970. The second-order valence-electron chi connectivity index (χ2n) is 5.38. The second-order valence-corrected chi connectivity index (χ2v) is 5.38. The molecule has 20 heavy (non-hydrogen) atoms. The number of aliphatic hydroxyl groups is 1. The Kier molecular flexibility index (Phi) is 3.65. The summed E-state index contributed by atoms with van der Waals surface area (Å²) in [7, 11) is 0. The van der Waals surface area contributed by atoms with Gasteiger partial charge >= 0.3 is 0 Å². The van der Waals surface area contributed by atoms with Gasteiger partial charge in [-0.2, -0.15) is 0 Å². The van der Waals surface area contributed by atoms with Crippen LogP contribution in [-0.4, -0.2) is 40.6 Å². The summed E-state index contributed by atoms with van der Waals surface area (Å²) in [6.07, 6.45) is 3.17. The Hall–Kier alpha value is -1.94. The van der Waals surface area contributed by atoms with Gasteiger partial charge in [0.1, 0.15) is 0 Å². The lowest BCUT2D eigenvalue weighted by Crippen LogP contribution is -2.27. The van der Waals surface area contributed by atoms with Crippen molar-refractivity contribution >= 4 is 16.8 Å². The van der Waals surface area contributed by atoms with Crippen LogP contribution >= 0.6 is 0 Å². The molecule has 3 rings (SSSR count). The number of aliphatic hydroxyl groups excluding tert-OH is 1. The second kappa shape index (κ2) is 5.59. The highest BCUT2D eigenvalue weighted by molar-refractivity contribution is 5.79. The standard InChI is InChI=1S/C16H18N2O2/c19-11-13-8-16(20)18(10-13)6-5-12-7-14-3-1-2-4-15(14)17-9-12/h1-4,7,9,13,19H,5-6,8,10-11H2. The lowest BCUT2D eigenvalue weighted by molar-refractivity contribution is -0.127. The van der Waals surface area contributed by atoms with E-state index in [1.807, 2.05) is 29.3 Å². The van der Waals surface area contributed by atoms with Crippen LogP contribution in [0, 0.1) is 5.92 Å². The maximum absolute atomic E-state index is 11.8.